The topological polar surface area (TPSA) is 164 Å². The van der Waals surface area contributed by atoms with E-state index in [9.17, 15) is 25.0 Å². The molecule has 256 valence electrons. The maximum atomic E-state index is 14.5. The van der Waals surface area contributed by atoms with Gasteiger partial charge >= 0.3 is 17.8 Å². The predicted octanol–water partition coefficient (Wildman–Crippen LogP) is 4.72. The second-order valence-electron chi connectivity index (χ2n) is 13.5. The van der Waals surface area contributed by atoms with Crippen LogP contribution < -0.4 is 14.4 Å². The third kappa shape index (κ3) is 7.36. The van der Waals surface area contributed by atoms with Crippen molar-refractivity contribution >= 4 is 23.4 Å². The first-order chi connectivity index (χ1) is 22.9. The standard InChI is InChI=1S/C34H43N7O7/c1-6-15-34(47-27-12-8-7-11-26(27)41(44)45)16-13-25-28(29(34)42)36-31(46-22-24-10-9-18-38(24)5)37-30(25)39-19-20-40(23(21-39)14-17-35)32(43)48-33(2,3)4/h6-8,11-12,23-24H,1,9-10,13-16,18-22H2,2-5H3. The number of hydrogen-bond donors (Lipinski definition) is 0. The molecule has 1 aliphatic carbocycles. The molecule has 1 aromatic heterocycles. The van der Waals surface area contributed by atoms with Gasteiger partial charge < -0.3 is 28.9 Å². The van der Waals surface area contributed by atoms with Gasteiger partial charge in [0, 0.05) is 43.7 Å². The Labute approximate surface area is 280 Å². The van der Waals surface area contributed by atoms with E-state index in [1.807, 2.05) is 11.9 Å². The number of hydrogen-bond acceptors (Lipinski definition) is 12. The Bertz CT molecular complexity index is 1600. The van der Waals surface area contributed by atoms with Gasteiger partial charge in [-0.05, 0) is 66.1 Å². The van der Waals surface area contributed by atoms with Crippen LogP contribution in [0.3, 0.4) is 0 Å². The van der Waals surface area contributed by atoms with Crippen molar-refractivity contribution < 1.29 is 28.7 Å². The van der Waals surface area contributed by atoms with Crippen LogP contribution in [0.2, 0.25) is 0 Å². The molecular formula is C34H43N7O7. The minimum absolute atomic E-state index is 0.0196. The highest BCUT2D eigenvalue weighted by atomic mass is 16.6. The number of fused-ring (bicyclic) bond motifs is 1. The number of nitro benzene ring substituents is 1. The first-order valence-corrected chi connectivity index (χ1v) is 16.3. The van der Waals surface area contributed by atoms with Crippen LogP contribution >= 0.6 is 0 Å². The van der Waals surface area contributed by atoms with Crippen molar-refractivity contribution in [1.82, 2.24) is 19.8 Å². The van der Waals surface area contributed by atoms with Crippen LogP contribution in [-0.2, 0) is 11.2 Å². The Morgan fingerprint density at radius 1 is 1.23 bits per heavy atom. The molecule has 14 heteroatoms. The van der Waals surface area contributed by atoms with Gasteiger partial charge in [0.2, 0.25) is 5.78 Å². The summed E-state index contributed by atoms with van der Waals surface area (Å²) in [5.74, 6) is 0.0239. The summed E-state index contributed by atoms with van der Waals surface area (Å²) in [4.78, 5) is 54.1. The largest absolute Gasteiger partial charge is 0.471 e. The van der Waals surface area contributed by atoms with Crippen molar-refractivity contribution in [3.05, 3.63) is 58.3 Å². The number of amides is 1. The van der Waals surface area contributed by atoms with Crippen LogP contribution in [0.1, 0.15) is 68.9 Å². The Balaban J connectivity index is 1.52. The quantitative estimate of drug-likeness (QED) is 0.196. The molecule has 5 rings (SSSR count). The number of rotatable bonds is 10. The van der Waals surface area contributed by atoms with Gasteiger partial charge in [0.15, 0.2) is 11.4 Å². The number of aromatic nitrogens is 2. The number of anilines is 1. The molecule has 0 bridgehead atoms. The lowest BCUT2D eigenvalue weighted by Crippen LogP contribution is -2.56. The number of likely N-dealkylation sites (N-methyl/N-ethyl adjacent to an activating group) is 1. The summed E-state index contributed by atoms with van der Waals surface area (Å²) in [6, 6.07) is 7.87. The van der Waals surface area contributed by atoms with Crippen molar-refractivity contribution in [1.29, 1.82) is 5.26 Å². The average Bonchev–Trinajstić information content (AvgIpc) is 3.45. The van der Waals surface area contributed by atoms with Gasteiger partial charge in [0.1, 0.15) is 23.7 Å². The van der Waals surface area contributed by atoms with E-state index in [0.29, 0.717) is 31.0 Å². The number of carbonyl (C=O) groups excluding carboxylic acids is 2. The monoisotopic (exact) mass is 661 g/mol. The van der Waals surface area contributed by atoms with E-state index < -0.39 is 34.0 Å². The SMILES string of the molecule is C=CCC1(Oc2ccccc2[N+](=O)[O-])CCc2c(nc(OCC3CCCN3C)nc2N2CCN(C(=O)OC(C)(C)C)C(CC#N)C2)C1=O. The molecule has 3 heterocycles. The molecule has 48 heavy (non-hydrogen) atoms. The fourth-order valence-corrected chi connectivity index (χ4v) is 6.57. The summed E-state index contributed by atoms with van der Waals surface area (Å²) in [7, 11) is 2.03. The molecule has 2 fully saturated rings. The summed E-state index contributed by atoms with van der Waals surface area (Å²) >= 11 is 0. The number of para-hydroxylation sites is 2. The number of nitro groups is 1. The number of benzene rings is 1. The number of piperazine rings is 1. The van der Waals surface area contributed by atoms with Gasteiger partial charge in [-0.3, -0.25) is 14.9 Å². The van der Waals surface area contributed by atoms with Crippen LogP contribution in [0.15, 0.2) is 36.9 Å². The van der Waals surface area contributed by atoms with Crippen LogP contribution in [0.25, 0.3) is 0 Å². The summed E-state index contributed by atoms with van der Waals surface area (Å²) in [5, 5.41) is 21.5. The molecule has 3 atom stereocenters. The van der Waals surface area contributed by atoms with Crippen molar-refractivity contribution in [3.63, 3.8) is 0 Å². The number of likely N-dealkylation sites (tertiary alicyclic amines) is 1. The van der Waals surface area contributed by atoms with Gasteiger partial charge in [0.05, 0.1) is 23.5 Å². The van der Waals surface area contributed by atoms with E-state index in [2.05, 4.69) is 22.5 Å². The Morgan fingerprint density at radius 3 is 2.67 bits per heavy atom. The first-order valence-electron chi connectivity index (χ1n) is 16.3. The summed E-state index contributed by atoms with van der Waals surface area (Å²) < 4.78 is 18.1. The number of nitrogens with zero attached hydrogens (tertiary/aromatic N) is 7. The molecule has 0 saturated carbocycles. The van der Waals surface area contributed by atoms with Crippen LogP contribution in [0, 0.1) is 21.4 Å². The van der Waals surface area contributed by atoms with E-state index in [0.717, 1.165) is 19.4 Å². The molecule has 0 spiro atoms. The summed E-state index contributed by atoms with van der Waals surface area (Å²) in [6.45, 7) is 11.4. The van der Waals surface area contributed by atoms with Gasteiger partial charge in [-0.2, -0.15) is 15.2 Å². The van der Waals surface area contributed by atoms with Crippen molar-refractivity contribution in [2.45, 2.75) is 82.6 Å². The molecule has 0 N–H and O–H groups in total. The van der Waals surface area contributed by atoms with Gasteiger partial charge in [-0.25, -0.2) is 4.79 Å². The molecule has 3 aliphatic rings. The molecule has 0 radical (unpaired) electrons. The average molecular weight is 662 g/mol. The van der Waals surface area contributed by atoms with E-state index in [-0.39, 0.29) is 61.5 Å². The first kappa shape index (κ1) is 34.6. The number of Topliss-reactive ketones (excluding diaryl/α,β-unsaturated/α-hetero) is 1. The Hall–Kier alpha value is -4.77. The number of nitriles is 1. The minimum atomic E-state index is -1.49. The lowest BCUT2D eigenvalue weighted by molar-refractivity contribution is -0.386. The smallest absolute Gasteiger partial charge is 0.410 e. The van der Waals surface area contributed by atoms with Crippen LogP contribution in [0.4, 0.5) is 16.3 Å². The molecule has 14 nitrogen and oxygen atoms in total. The summed E-state index contributed by atoms with van der Waals surface area (Å²) in [5.41, 5.74) is -1.73. The van der Waals surface area contributed by atoms with Gasteiger partial charge in [-0.15, -0.1) is 6.58 Å². The van der Waals surface area contributed by atoms with Crippen LogP contribution in [0.5, 0.6) is 11.8 Å². The van der Waals surface area contributed by atoms with E-state index in [4.69, 9.17) is 19.2 Å². The molecular weight excluding hydrogens is 618 g/mol. The number of ether oxygens (including phenoxy) is 3. The lowest BCUT2D eigenvalue weighted by atomic mass is 9.79. The Morgan fingerprint density at radius 2 is 2.00 bits per heavy atom. The zero-order valence-electron chi connectivity index (χ0n) is 28.0. The highest BCUT2D eigenvalue weighted by Crippen LogP contribution is 2.41. The molecule has 1 amide bonds. The highest BCUT2D eigenvalue weighted by Gasteiger charge is 2.48. The van der Waals surface area contributed by atoms with Crippen LogP contribution in [-0.4, -0.2) is 99.7 Å². The molecule has 2 saturated heterocycles. The second-order valence-corrected chi connectivity index (χ2v) is 13.5. The van der Waals surface area contributed by atoms with Crippen molar-refractivity contribution in [3.8, 4) is 17.8 Å². The third-order valence-corrected chi connectivity index (χ3v) is 9.03. The zero-order chi connectivity index (χ0) is 34.6. The zero-order valence-corrected chi connectivity index (χ0v) is 28.0. The maximum absolute atomic E-state index is 14.5. The number of carbonyl (C=O) groups is 2. The fourth-order valence-electron chi connectivity index (χ4n) is 6.57. The third-order valence-electron chi connectivity index (χ3n) is 9.03. The van der Waals surface area contributed by atoms with E-state index in [1.165, 1.54) is 18.2 Å². The Kier molecular flexibility index (Phi) is 10.2. The highest BCUT2D eigenvalue weighted by molar-refractivity contribution is 6.04. The molecule has 2 aromatic rings. The normalized spacial score (nSPS) is 22.9. The maximum Gasteiger partial charge on any atom is 0.410 e. The van der Waals surface area contributed by atoms with Crippen molar-refractivity contribution in [2.24, 2.45) is 0 Å². The minimum Gasteiger partial charge on any atom is -0.471 e. The van der Waals surface area contributed by atoms with Gasteiger partial charge in [-0.1, -0.05) is 18.2 Å². The fraction of sp³-hybridized carbons (Fsp3) is 0.559. The second kappa shape index (κ2) is 14.1. The lowest BCUT2D eigenvalue weighted by Gasteiger charge is -2.43. The molecule has 3 unspecified atom stereocenters. The molecule has 1 aromatic carbocycles. The van der Waals surface area contributed by atoms with Crippen molar-refractivity contribution in [2.75, 3.05) is 44.7 Å². The van der Waals surface area contributed by atoms with E-state index >= 15 is 0 Å². The van der Waals surface area contributed by atoms with E-state index in [1.54, 1.807) is 37.8 Å². The number of ketones is 1. The van der Waals surface area contributed by atoms with Gasteiger partial charge in [0.25, 0.3) is 0 Å². The molecule has 2 aliphatic heterocycles. The predicted molar refractivity (Wildman–Crippen MR) is 176 cm³/mol. The summed E-state index contributed by atoms with van der Waals surface area (Å²) in [6.07, 6.45) is 3.77.